The highest BCUT2D eigenvalue weighted by molar-refractivity contribution is 7.09. The molecule has 1 aromatic rings. The maximum atomic E-state index is 10.9. The number of nitrogens with zero attached hydrogens (tertiary/aromatic N) is 1. The molecule has 0 saturated carbocycles. The van der Waals surface area contributed by atoms with Crippen LogP contribution in [0.4, 0.5) is 0 Å². The van der Waals surface area contributed by atoms with E-state index in [0.717, 1.165) is 5.01 Å². The van der Waals surface area contributed by atoms with E-state index in [2.05, 4.69) is 4.98 Å². The first kappa shape index (κ1) is 9.19. The van der Waals surface area contributed by atoms with Crippen molar-refractivity contribution in [3.05, 3.63) is 16.6 Å². The maximum absolute atomic E-state index is 10.9. The first-order valence-corrected chi connectivity index (χ1v) is 4.58. The van der Waals surface area contributed by atoms with Gasteiger partial charge in [0.1, 0.15) is 0 Å². The topological polar surface area (TPSA) is 56.0 Å². The first-order chi connectivity index (χ1) is 5.52. The van der Waals surface area contributed by atoms with Crippen LogP contribution < -0.4 is 5.73 Å². The number of hydrogen-bond donors (Lipinski definition) is 1. The van der Waals surface area contributed by atoms with Crippen LogP contribution in [0.2, 0.25) is 0 Å². The highest BCUT2D eigenvalue weighted by Gasteiger charge is 2.26. The predicted molar refractivity (Wildman–Crippen MR) is 48.8 cm³/mol. The van der Waals surface area contributed by atoms with E-state index < -0.39 is 5.41 Å². The van der Waals surface area contributed by atoms with Crippen LogP contribution in [-0.4, -0.2) is 10.9 Å². The van der Waals surface area contributed by atoms with Gasteiger partial charge in [-0.1, -0.05) is 13.8 Å². The summed E-state index contributed by atoms with van der Waals surface area (Å²) in [6, 6.07) is 0. The molecule has 0 bridgehead atoms. The van der Waals surface area contributed by atoms with Crippen molar-refractivity contribution >= 4 is 17.2 Å². The van der Waals surface area contributed by atoms with Gasteiger partial charge in [-0.3, -0.25) is 4.79 Å². The van der Waals surface area contributed by atoms with Gasteiger partial charge in [0.25, 0.3) is 0 Å². The first-order valence-electron chi connectivity index (χ1n) is 3.70. The third-order valence-electron chi connectivity index (χ3n) is 1.74. The highest BCUT2D eigenvalue weighted by atomic mass is 32.1. The van der Waals surface area contributed by atoms with Crippen molar-refractivity contribution in [1.82, 2.24) is 4.98 Å². The predicted octanol–water partition coefficient (Wildman–Crippen LogP) is 1.20. The minimum Gasteiger partial charge on any atom is -0.369 e. The van der Waals surface area contributed by atoms with E-state index in [1.807, 2.05) is 19.2 Å². The number of carbonyl (C=O) groups is 1. The second-order valence-corrected chi connectivity index (χ2v) is 4.33. The normalized spacial score (nSPS) is 11.5. The van der Waals surface area contributed by atoms with E-state index in [-0.39, 0.29) is 5.91 Å². The minimum absolute atomic E-state index is 0.280. The number of carbonyl (C=O) groups excluding carboxylic acids is 1. The van der Waals surface area contributed by atoms with E-state index in [9.17, 15) is 4.79 Å². The van der Waals surface area contributed by atoms with Gasteiger partial charge in [0.15, 0.2) is 0 Å². The van der Waals surface area contributed by atoms with Crippen molar-refractivity contribution < 1.29 is 4.79 Å². The van der Waals surface area contributed by atoms with Gasteiger partial charge in [-0.15, -0.1) is 11.3 Å². The molecule has 0 unspecified atom stereocenters. The summed E-state index contributed by atoms with van der Waals surface area (Å²) >= 11 is 1.55. The average molecular weight is 184 g/mol. The Hall–Kier alpha value is -0.900. The van der Waals surface area contributed by atoms with E-state index >= 15 is 0 Å². The van der Waals surface area contributed by atoms with Crippen LogP contribution in [0.25, 0.3) is 0 Å². The number of nitrogens with two attached hydrogens (primary N) is 1. The van der Waals surface area contributed by atoms with E-state index in [0.29, 0.717) is 6.42 Å². The van der Waals surface area contributed by atoms with Gasteiger partial charge in [0, 0.05) is 23.4 Å². The van der Waals surface area contributed by atoms with Gasteiger partial charge in [0.2, 0.25) is 5.91 Å². The van der Waals surface area contributed by atoms with Crippen molar-refractivity contribution in [2.45, 2.75) is 20.3 Å². The van der Waals surface area contributed by atoms with Gasteiger partial charge < -0.3 is 5.73 Å². The molecule has 0 atom stereocenters. The molecule has 4 heteroatoms. The monoisotopic (exact) mass is 184 g/mol. The quantitative estimate of drug-likeness (QED) is 0.767. The van der Waals surface area contributed by atoms with Crippen LogP contribution in [0, 0.1) is 5.41 Å². The lowest BCUT2D eigenvalue weighted by Gasteiger charge is -2.18. The molecule has 0 aliphatic carbocycles. The van der Waals surface area contributed by atoms with Crippen molar-refractivity contribution in [1.29, 1.82) is 0 Å². The van der Waals surface area contributed by atoms with Crippen LogP contribution >= 0.6 is 11.3 Å². The molecule has 0 fully saturated rings. The average Bonchev–Trinajstić information content (AvgIpc) is 2.38. The Morgan fingerprint density at radius 1 is 1.75 bits per heavy atom. The summed E-state index contributed by atoms with van der Waals surface area (Å²) in [5.74, 6) is -0.280. The van der Waals surface area contributed by atoms with Crippen LogP contribution in [0.1, 0.15) is 18.9 Å². The molecule has 0 radical (unpaired) electrons. The highest BCUT2D eigenvalue weighted by Crippen LogP contribution is 2.22. The second-order valence-electron chi connectivity index (χ2n) is 3.35. The van der Waals surface area contributed by atoms with Crippen molar-refractivity contribution in [2.24, 2.45) is 11.1 Å². The standard InChI is InChI=1S/C8H12N2OS/c1-8(2,7(9)11)5-6-10-3-4-12-6/h3-4H,5H2,1-2H3,(H2,9,11). The Labute approximate surface area is 75.6 Å². The van der Waals surface area contributed by atoms with Gasteiger partial charge in [-0.2, -0.15) is 0 Å². The van der Waals surface area contributed by atoms with Gasteiger partial charge in [0.05, 0.1) is 5.01 Å². The summed E-state index contributed by atoms with van der Waals surface area (Å²) in [4.78, 5) is 15.0. The zero-order chi connectivity index (χ0) is 9.19. The lowest BCUT2D eigenvalue weighted by Crippen LogP contribution is -2.33. The number of amides is 1. The number of thiazole rings is 1. The molecule has 0 aliphatic heterocycles. The molecule has 0 aromatic carbocycles. The fourth-order valence-corrected chi connectivity index (χ4v) is 1.65. The van der Waals surface area contributed by atoms with Crippen molar-refractivity contribution in [3.63, 3.8) is 0 Å². The smallest absolute Gasteiger partial charge is 0.223 e. The molecule has 0 aliphatic rings. The zero-order valence-electron chi connectivity index (χ0n) is 7.20. The zero-order valence-corrected chi connectivity index (χ0v) is 8.02. The maximum Gasteiger partial charge on any atom is 0.223 e. The lowest BCUT2D eigenvalue weighted by atomic mass is 9.89. The number of rotatable bonds is 3. The molecule has 2 N–H and O–H groups in total. The molecule has 1 aromatic heterocycles. The third kappa shape index (κ3) is 2.04. The lowest BCUT2D eigenvalue weighted by molar-refractivity contribution is -0.125. The van der Waals surface area contributed by atoms with E-state index in [1.165, 1.54) is 0 Å². The third-order valence-corrected chi connectivity index (χ3v) is 2.52. The molecule has 1 heterocycles. The Kier molecular flexibility index (Phi) is 2.47. The molecule has 66 valence electrons. The molecule has 3 nitrogen and oxygen atoms in total. The van der Waals surface area contributed by atoms with Crippen LogP contribution in [0.15, 0.2) is 11.6 Å². The fourth-order valence-electron chi connectivity index (χ4n) is 0.805. The SMILES string of the molecule is CC(C)(Cc1nccs1)C(N)=O. The molecule has 12 heavy (non-hydrogen) atoms. The summed E-state index contributed by atoms with van der Waals surface area (Å²) in [6.45, 7) is 3.66. The number of primary amides is 1. The van der Waals surface area contributed by atoms with Gasteiger partial charge in [-0.25, -0.2) is 4.98 Å². The van der Waals surface area contributed by atoms with Gasteiger partial charge >= 0.3 is 0 Å². The second kappa shape index (κ2) is 3.23. The summed E-state index contributed by atoms with van der Waals surface area (Å²) < 4.78 is 0. The van der Waals surface area contributed by atoms with Crippen LogP contribution in [0.5, 0.6) is 0 Å². The van der Waals surface area contributed by atoms with Crippen molar-refractivity contribution in [2.75, 3.05) is 0 Å². The Bertz CT molecular complexity index is 267. The molecular weight excluding hydrogens is 172 g/mol. The summed E-state index contributed by atoms with van der Waals surface area (Å²) in [6.07, 6.45) is 2.36. The Morgan fingerprint density at radius 3 is 2.83 bits per heavy atom. The molecule has 0 saturated heterocycles. The van der Waals surface area contributed by atoms with Crippen LogP contribution in [-0.2, 0) is 11.2 Å². The number of aromatic nitrogens is 1. The molecular formula is C8H12N2OS. The van der Waals surface area contributed by atoms with Gasteiger partial charge in [-0.05, 0) is 0 Å². The van der Waals surface area contributed by atoms with E-state index in [4.69, 9.17) is 5.73 Å². The summed E-state index contributed by atoms with van der Waals surface area (Å²) in [5.41, 5.74) is 4.74. The Balaban J connectivity index is 2.69. The Morgan fingerprint density at radius 2 is 2.42 bits per heavy atom. The fraction of sp³-hybridized carbons (Fsp3) is 0.500. The van der Waals surface area contributed by atoms with Crippen molar-refractivity contribution in [3.8, 4) is 0 Å². The minimum atomic E-state index is -0.488. The molecule has 1 rings (SSSR count). The largest absolute Gasteiger partial charge is 0.369 e. The number of hydrogen-bond acceptors (Lipinski definition) is 3. The molecule has 1 amide bonds. The van der Waals surface area contributed by atoms with E-state index in [1.54, 1.807) is 17.5 Å². The summed E-state index contributed by atoms with van der Waals surface area (Å²) in [7, 11) is 0. The summed E-state index contributed by atoms with van der Waals surface area (Å²) in [5, 5.41) is 2.85. The van der Waals surface area contributed by atoms with Crippen LogP contribution in [0.3, 0.4) is 0 Å². The molecule has 0 spiro atoms.